The van der Waals surface area contributed by atoms with Gasteiger partial charge in [-0.15, -0.1) is 11.8 Å². The molecule has 5 aromatic rings. The summed E-state index contributed by atoms with van der Waals surface area (Å²) < 4.78 is 15.5. The molecule has 43 heavy (non-hydrogen) atoms. The molecule has 0 saturated heterocycles. The fraction of sp³-hybridized carbons (Fsp3) is 0.0625. The number of hydrogen-bond acceptors (Lipinski definition) is 6. The summed E-state index contributed by atoms with van der Waals surface area (Å²) in [5, 5.41) is 8.37. The summed E-state index contributed by atoms with van der Waals surface area (Å²) in [5.41, 5.74) is 1.35. The van der Waals surface area contributed by atoms with E-state index in [9.17, 15) is 18.8 Å². The lowest BCUT2D eigenvalue weighted by Crippen LogP contribution is -2.30. The van der Waals surface area contributed by atoms with Crippen LogP contribution in [0.4, 0.5) is 15.2 Å². The van der Waals surface area contributed by atoms with Crippen molar-refractivity contribution in [2.24, 2.45) is 0 Å². The lowest BCUT2D eigenvalue weighted by atomic mass is 10.1. The van der Waals surface area contributed by atoms with Gasteiger partial charge in [-0.2, -0.15) is 0 Å². The maximum atomic E-state index is 14.5. The largest absolute Gasteiger partial charge is 0.321 e. The average molecular weight is 631 g/mol. The number of amides is 3. The monoisotopic (exact) mass is 630 g/mol. The topological polar surface area (TPSA) is 100 Å². The zero-order valence-electron chi connectivity index (χ0n) is 22.6. The summed E-state index contributed by atoms with van der Waals surface area (Å²) in [5.74, 6) is -2.04. The van der Waals surface area contributed by atoms with Gasteiger partial charge in [0.1, 0.15) is 11.5 Å². The third kappa shape index (κ3) is 7.66. The van der Waals surface area contributed by atoms with E-state index in [2.05, 4.69) is 20.9 Å². The van der Waals surface area contributed by atoms with Crippen molar-refractivity contribution in [3.63, 3.8) is 0 Å². The van der Waals surface area contributed by atoms with E-state index in [0.717, 1.165) is 15.1 Å². The van der Waals surface area contributed by atoms with Crippen LogP contribution in [0.5, 0.6) is 0 Å². The SMILES string of the molecule is CC(Sc1ccc(NC(=O)/C(=C/c2c(F)cccc2Cl)NC(=O)c2ccccc2)cc1)C(=O)Nc1nc2ccccc2s1. The predicted octanol–water partition coefficient (Wildman–Crippen LogP) is 7.62. The molecule has 0 aliphatic heterocycles. The highest BCUT2D eigenvalue weighted by molar-refractivity contribution is 8.00. The molecule has 1 atom stereocenters. The average Bonchev–Trinajstić information content (AvgIpc) is 3.42. The van der Waals surface area contributed by atoms with Crippen LogP contribution in [0.15, 0.2) is 108 Å². The predicted molar refractivity (Wildman–Crippen MR) is 172 cm³/mol. The van der Waals surface area contributed by atoms with Crippen molar-refractivity contribution in [1.82, 2.24) is 10.3 Å². The Morgan fingerprint density at radius 2 is 1.63 bits per heavy atom. The normalized spacial score (nSPS) is 12.0. The van der Waals surface area contributed by atoms with Gasteiger partial charge >= 0.3 is 0 Å². The van der Waals surface area contributed by atoms with E-state index in [-0.39, 0.29) is 22.2 Å². The molecule has 7 nitrogen and oxygen atoms in total. The van der Waals surface area contributed by atoms with Crippen molar-refractivity contribution < 1.29 is 18.8 Å². The van der Waals surface area contributed by atoms with Gasteiger partial charge in [0, 0.05) is 21.7 Å². The van der Waals surface area contributed by atoms with Crippen LogP contribution in [0.2, 0.25) is 5.02 Å². The highest BCUT2D eigenvalue weighted by Gasteiger charge is 2.19. The number of fused-ring (bicyclic) bond motifs is 1. The van der Waals surface area contributed by atoms with Crippen molar-refractivity contribution >= 4 is 79.5 Å². The van der Waals surface area contributed by atoms with Crippen molar-refractivity contribution in [3.8, 4) is 0 Å². The molecule has 216 valence electrons. The first-order chi connectivity index (χ1) is 20.8. The Morgan fingerprint density at radius 3 is 2.35 bits per heavy atom. The minimum atomic E-state index is -0.674. The zero-order chi connectivity index (χ0) is 30.3. The van der Waals surface area contributed by atoms with E-state index in [1.54, 1.807) is 61.5 Å². The fourth-order valence-electron chi connectivity index (χ4n) is 3.94. The van der Waals surface area contributed by atoms with Gasteiger partial charge in [-0.1, -0.05) is 59.3 Å². The Kier molecular flexibility index (Phi) is 9.51. The zero-order valence-corrected chi connectivity index (χ0v) is 25.0. The number of thiazole rings is 1. The second-order valence-electron chi connectivity index (χ2n) is 9.23. The number of nitrogens with one attached hydrogen (secondary N) is 3. The van der Waals surface area contributed by atoms with Crippen LogP contribution in [0.1, 0.15) is 22.8 Å². The van der Waals surface area contributed by atoms with Crippen LogP contribution in [0.25, 0.3) is 16.3 Å². The first-order valence-corrected chi connectivity index (χ1v) is 15.1. The Bertz CT molecular complexity index is 1770. The first-order valence-electron chi connectivity index (χ1n) is 13.0. The molecule has 0 radical (unpaired) electrons. The number of hydrogen-bond donors (Lipinski definition) is 3. The quantitative estimate of drug-likeness (QED) is 0.115. The lowest BCUT2D eigenvalue weighted by molar-refractivity contribution is -0.115. The van der Waals surface area contributed by atoms with E-state index in [1.807, 2.05) is 24.3 Å². The van der Waals surface area contributed by atoms with Crippen LogP contribution in [0.3, 0.4) is 0 Å². The molecule has 0 fully saturated rings. The van der Waals surface area contributed by atoms with Gasteiger partial charge in [0.15, 0.2) is 5.13 Å². The summed E-state index contributed by atoms with van der Waals surface area (Å²) in [6.45, 7) is 1.79. The smallest absolute Gasteiger partial charge is 0.272 e. The number of carbonyl (C=O) groups is 3. The van der Waals surface area contributed by atoms with Gasteiger partial charge < -0.3 is 16.0 Å². The van der Waals surface area contributed by atoms with E-state index in [1.165, 1.54) is 47.4 Å². The van der Waals surface area contributed by atoms with Crippen molar-refractivity contribution in [2.75, 3.05) is 10.6 Å². The third-order valence-corrected chi connectivity index (χ3v) is 8.53. The third-order valence-electron chi connectivity index (χ3n) is 6.14. The molecule has 3 N–H and O–H groups in total. The van der Waals surface area contributed by atoms with Crippen LogP contribution in [-0.4, -0.2) is 28.0 Å². The Morgan fingerprint density at radius 1 is 0.907 bits per heavy atom. The summed E-state index contributed by atoms with van der Waals surface area (Å²) in [6.07, 6.45) is 1.20. The van der Waals surface area contributed by atoms with Crippen LogP contribution >= 0.6 is 34.7 Å². The van der Waals surface area contributed by atoms with Crippen LogP contribution in [-0.2, 0) is 9.59 Å². The standard InChI is InChI=1S/C32H24ClFN4O3S2/c1-19(29(39)38-32-37-26-12-5-6-13-28(26)43-32)42-22-16-14-21(15-17-22)35-31(41)27(18-23-24(33)10-7-11-25(23)34)36-30(40)20-8-3-2-4-9-20/h2-19H,1H3,(H,35,41)(H,36,40)(H,37,38,39)/b27-18-. The molecule has 1 heterocycles. The molecule has 5 rings (SSSR count). The molecular weight excluding hydrogens is 607 g/mol. The Hall–Kier alpha value is -4.51. The number of thioether (sulfide) groups is 1. The Balaban J connectivity index is 1.26. The van der Waals surface area contributed by atoms with Gasteiger partial charge in [-0.3, -0.25) is 14.4 Å². The minimum Gasteiger partial charge on any atom is -0.321 e. The number of nitrogens with zero attached hydrogens (tertiary/aromatic N) is 1. The van der Waals surface area contributed by atoms with Crippen molar-refractivity contribution in [1.29, 1.82) is 0 Å². The van der Waals surface area contributed by atoms with E-state index in [4.69, 9.17) is 11.6 Å². The molecule has 11 heteroatoms. The van der Waals surface area contributed by atoms with Gasteiger partial charge in [0.25, 0.3) is 11.8 Å². The molecule has 0 aliphatic carbocycles. The molecule has 1 unspecified atom stereocenters. The van der Waals surface area contributed by atoms with Crippen LogP contribution in [0, 0.1) is 5.82 Å². The van der Waals surface area contributed by atoms with Gasteiger partial charge in [-0.05, 0) is 73.7 Å². The van der Waals surface area contributed by atoms with Crippen LogP contribution < -0.4 is 16.0 Å². The number of benzene rings is 4. The fourth-order valence-corrected chi connectivity index (χ4v) is 5.89. The maximum Gasteiger partial charge on any atom is 0.272 e. The van der Waals surface area contributed by atoms with Gasteiger partial charge in [0.2, 0.25) is 5.91 Å². The Labute approximate surface area is 260 Å². The maximum absolute atomic E-state index is 14.5. The summed E-state index contributed by atoms with van der Waals surface area (Å²) >= 11 is 8.94. The van der Waals surface area contributed by atoms with E-state index in [0.29, 0.717) is 16.4 Å². The number of aromatic nitrogens is 1. The van der Waals surface area contributed by atoms with E-state index >= 15 is 0 Å². The number of halogens is 2. The number of para-hydroxylation sites is 1. The van der Waals surface area contributed by atoms with Gasteiger partial charge in [-0.25, -0.2) is 9.37 Å². The van der Waals surface area contributed by atoms with Crippen molar-refractivity contribution in [3.05, 3.63) is 125 Å². The number of anilines is 2. The molecule has 1 aromatic heterocycles. The second-order valence-corrected chi connectivity index (χ2v) is 12.1. The summed E-state index contributed by atoms with van der Waals surface area (Å²) in [7, 11) is 0. The molecular formula is C32H24ClFN4O3S2. The lowest BCUT2D eigenvalue weighted by Gasteiger charge is -2.13. The van der Waals surface area contributed by atoms with Gasteiger partial charge in [0.05, 0.1) is 20.5 Å². The molecule has 3 amide bonds. The molecule has 4 aromatic carbocycles. The molecule has 0 aliphatic rings. The highest BCUT2D eigenvalue weighted by Crippen LogP contribution is 2.29. The summed E-state index contributed by atoms with van der Waals surface area (Å²) in [6, 6.07) is 27.0. The number of rotatable bonds is 9. The number of carbonyl (C=O) groups excluding carboxylic acids is 3. The second kappa shape index (κ2) is 13.6. The molecule has 0 bridgehead atoms. The molecule has 0 saturated carbocycles. The molecule has 0 spiro atoms. The first kappa shape index (κ1) is 30.0. The highest BCUT2D eigenvalue weighted by atomic mass is 35.5. The summed E-state index contributed by atoms with van der Waals surface area (Å²) in [4.78, 5) is 44.1. The van der Waals surface area contributed by atoms with Crippen molar-refractivity contribution in [2.45, 2.75) is 17.1 Å². The van der Waals surface area contributed by atoms with E-state index < -0.39 is 22.9 Å². The minimum absolute atomic E-state index is 0.0347.